The molecule has 62 valence electrons. The standard InChI is InChI=1S/C7H12N2OS/c1-2-3-4-6(10)7-5-8-9-11-7/h5-6,10H,2-4H2,1H3. The van der Waals surface area contributed by atoms with E-state index in [0.29, 0.717) is 0 Å². The minimum absolute atomic E-state index is 0.352. The molecule has 0 bridgehead atoms. The predicted octanol–water partition coefficient (Wildman–Crippen LogP) is 1.76. The molecular formula is C7H12N2OS. The Labute approximate surface area is 70.2 Å². The minimum atomic E-state index is -0.352. The van der Waals surface area contributed by atoms with Crippen molar-refractivity contribution >= 4 is 11.5 Å². The van der Waals surface area contributed by atoms with Crippen LogP contribution in [0.4, 0.5) is 0 Å². The Bertz CT molecular complexity index is 188. The summed E-state index contributed by atoms with van der Waals surface area (Å²) in [5, 5.41) is 13.1. The summed E-state index contributed by atoms with van der Waals surface area (Å²) in [4.78, 5) is 0.874. The number of aliphatic hydroxyl groups is 1. The maximum absolute atomic E-state index is 9.47. The zero-order valence-corrected chi connectivity index (χ0v) is 7.34. The van der Waals surface area contributed by atoms with Gasteiger partial charge in [0.05, 0.1) is 17.2 Å². The largest absolute Gasteiger partial charge is 0.387 e. The first-order chi connectivity index (χ1) is 5.34. The fourth-order valence-electron chi connectivity index (χ4n) is 0.861. The van der Waals surface area contributed by atoms with Crippen molar-refractivity contribution in [3.05, 3.63) is 11.1 Å². The molecular weight excluding hydrogens is 160 g/mol. The number of unbranched alkanes of at least 4 members (excludes halogenated alkanes) is 1. The number of rotatable bonds is 4. The highest BCUT2D eigenvalue weighted by molar-refractivity contribution is 7.05. The van der Waals surface area contributed by atoms with Crippen LogP contribution in [0, 0.1) is 0 Å². The van der Waals surface area contributed by atoms with Gasteiger partial charge in [-0.3, -0.25) is 0 Å². The van der Waals surface area contributed by atoms with Crippen LogP contribution in [0.1, 0.15) is 37.2 Å². The molecule has 1 aromatic heterocycles. The van der Waals surface area contributed by atoms with Gasteiger partial charge in [-0.1, -0.05) is 24.3 Å². The topological polar surface area (TPSA) is 46.0 Å². The highest BCUT2D eigenvalue weighted by Crippen LogP contribution is 2.20. The van der Waals surface area contributed by atoms with Crippen LogP contribution < -0.4 is 0 Å². The van der Waals surface area contributed by atoms with Gasteiger partial charge in [0.1, 0.15) is 0 Å². The van der Waals surface area contributed by atoms with E-state index < -0.39 is 0 Å². The maximum Gasteiger partial charge on any atom is 0.0914 e. The van der Waals surface area contributed by atoms with Gasteiger partial charge in [0.2, 0.25) is 0 Å². The second-order valence-electron chi connectivity index (χ2n) is 2.48. The Morgan fingerprint density at radius 1 is 1.73 bits per heavy atom. The van der Waals surface area contributed by atoms with Gasteiger partial charge in [-0.05, 0) is 18.0 Å². The van der Waals surface area contributed by atoms with Gasteiger partial charge < -0.3 is 5.11 Å². The van der Waals surface area contributed by atoms with Crippen molar-refractivity contribution in [3.63, 3.8) is 0 Å². The highest BCUT2D eigenvalue weighted by atomic mass is 32.1. The van der Waals surface area contributed by atoms with Crippen LogP contribution in [0.15, 0.2) is 6.20 Å². The lowest BCUT2D eigenvalue weighted by Crippen LogP contribution is -1.93. The average molecular weight is 172 g/mol. The molecule has 11 heavy (non-hydrogen) atoms. The van der Waals surface area contributed by atoms with Gasteiger partial charge in [-0.2, -0.15) is 0 Å². The maximum atomic E-state index is 9.47. The van der Waals surface area contributed by atoms with E-state index in [-0.39, 0.29) is 6.10 Å². The fourth-order valence-corrected chi connectivity index (χ4v) is 1.38. The zero-order chi connectivity index (χ0) is 8.10. The lowest BCUT2D eigenvalue weighted by Gasteiger charge is -2.04. The van der Waals surface area contributed by atoms with Crippen molar-refractivity contribution in [2.45, 2.75) is 32.3 Å². The quantitative estimate of drug-likeness (QED) is 0.752. The van der Waals surface area contributed by atoms with E-state index in [2.05, 4.69) is 16.5 Å². The van der Waals surface area contributed by atoms with Crippen LogP contribution in [-0.2, 0) is 0 Å². The smallest absolute Gasteiger partial charge is 0.0914 e. The number of nitrogens with zero attached hydrogens (tertiary/aromatic N) is 2. The third-order valence-corrected chi connectivity index (χ3v) is 2.30. The molecule has 0 spiro atoms. The second kappa shape index (κ2) is 4.41. The van der Waals surface area contributed by atoms with Crippen LogP contribution in [0.3, 0.4) is 0 Å². The minimum Gasteiger partial charge on any atom is -0.387 e. The molecule has 0 aliphatic heterocycles. The molecule has 0 amide bonds. The first-order valence-corrected chi connectivity index (χ1v) is 4.57. The molecule has 1 atom stereocenters. The van der Waals surface area contributed by atoms with E-state index in [1.54, 1.807) is 6.20 Å². The first-order valence-electron chi connectivity index (χ1n) is 3.80. The van der Waals surface area contributed by atoms with Gasteiger partial charge in [-0.25, -0.2) is 0 Å². The molecule has 4 heteroatoms. The molecule has 0 aliphatic carbocycles. The normalized spacial score (nSPS) is 13.3. The Kier molecular flexibility index (Phi) is 3.45. The van der Waals surface area contributed by atoms with Crippen molar-refractivity contribution in [2.75, 3.05) is 0 Å². The van der Waals surface area contributed by atoms with Crippen LogP contribution >= 0.6 is 11.5 Å². The molecule has 1 heterocycles. The van der Waals surface area contributed by atoms with Crippen LogP contribution in [0.2, 0.25) is 0 Å². The van der Waals surface area contributed by atoms with E-state index in [4.69, 9.17) is 0 Å². The summed E-state index contributed by atoms with van der Waals surface area (Å²) >= 11 is 1.27. The molecule has 0 saturated heterocycles. The predicted molar refractivity (Wildman–Crippen MR) is 44.4 cm³/mol. The van der Waals surface area contributed by atoms with E-state index in [9.17, 15) is 5.11 Å². The lowest BCUT2D eigenvalue weighted by molar-refractivity contribution is 0.168. The second-order valence-corrected chi connectivity index (χ2v) is 3.30. The van der Waals surface area contributed by atoms with Gasteiger partial charge >= 0.3 is 0 Å². The summed E-state index contributed by atoms with van der Waals surface area (Å²) in [6.45, 7) is 2.11. The van der Waals surface area contributed by atoms with Crippen LogP contribution in [-0.4, -0.2) is 14.7 Å². The third-order valence-electron chi connectivity index (χ3n) is 1.54. The Morgan fingerprint density at radius 3 is 3.09 bits per heavy atom. The lowest BCUT2D eigenvalue weighted by atomic mass is 10.1. The van der Waals surface area contributed by atoms with Gasteiger partial charge in [0.25, 0.3) is 0 Å². The summed E-state index contributed by atoms with van der Waals surface area (Å²) in [5.74, 6) is 0. The van der Waals surface area contributed by atoms with Crippen molar-refractivity contribution in [3.8, 4) is 0 Å². The molecule has 0 aliphatic rings. The number of hydrogen-bond acceptors (Lipinski definition) is 4. The SMILES string of the molecule is CCCCC(O)c1cnns1. The molecule has 0 radical (unpaired) electrons. The zero-order valence-electron chi connectivity index (χ0n) is 6.53. The van der Waals surface area contributed by atoms with Crippen LogP contribution in [0.5, 0.6) is 0 Å². The molecule has 1 unspecified atom stereocenters. The Balaban J connectivity index is 2.36. The van der Waals surface area contributed by atoms with E-state index >= 15 is 0 Å². The van der Waals surface area contributed by atoms with E-state index in [1.807, 2.05) is 0 Å². The third kappa shape index (κ3) is 2.55. The highest BCUT2D eigenvalue weighted by Gasteiger charge is 2.08. The van der Waals surface area contributed by atoms with Crippen LogP contribution in [0.25, 0.3) is 0 Å². The van der Waals surface area contributed by atoms with Crippen molar-refractivity contribution in [2.24, 2.45) is 0 Å². The molecule has 1 N–H and O–H groups in total. The van der Waals surface area contributed by atoms with E-state index in [0.717, 1.165) is 24.1 Å². The van der Waals surface area contributed by atoms with Crippen molar-refractivity contribution < 1.29 is 5.11 Å². The summed E-state index contributed by atoms with van der Waals surface area (Å²) in [7, 11) is 0. The van der Waals surface area contributed by atoms with Crippen molar-refractivity contribution in [1.29, 1.82) is 0 Å². The number of aliphatic hydroxyl groups excluding tert-OH is 1. The molecule has 0 aromatic carbocycles. The van der Waals surface area contributed by atoms with Gasteiger partial charge in [0, 0.05) is 0 Å². The molecule has 0 saturated carbocycles. The molecule has 1 aromatic rings. The summed E-state index contributed by atoms with van der Waals surface area (Å²) < 4.78 is 3.68. The van der Waals surface area contributed by atoms with Crippen molar-refractivity contribution in [1.82, 2.24) is 9.59 Å². The number of aromatic nitrogens is 2. The van der Waals surface area contributed by atoms with E-state index in [1.165, 1.54) is 11.5 Å². The average Bonchev–Trinajstić information content (AvgIpc) is 2.52. The molecule has 1 rings (SSSR count). The fraction of sp³-hybridized carbons (Fsp3) is 0.714. The first kappa shape index (κ1) is 8.62. The Morgan fingerprint density at radius 2 is 2.55 bits per heavy atom. The van der Waals surface area contributed by atoms with Gasteiger partial charge in [-0.15, -0.1) is 5.10 Å². The summed E-state index contributed by atoms with van der Waals surface area (Å²) in [6.07, 6.45) is 4.27. The summed E-state index contributed by atoms with van der Waals surface area (Å²) in [6, 6.07) is 0. The monoisotopic (exact) mass is 172 g/mol. The summed E-state index contributed by atoms with van der Waals surface area (Å²) in [5.41, 5.74) is 0. The molecule has 3 nitrogen and oxygen atoms in total. The number of hydrogen-bond donors (Lipinski definition) is 1. The Hall–Kier alpha value is -0.480. The van der Waals surface area contributed by atoms with Gasteiger partial charge in [0.15, 0.2) is 0 Å². The molecule has 0 fully saturated rings.